The van der Waals surface area contributed by atoms with Crippen LogP contribution in [0.25, 0.3) is 0 Å². The van der Waals surface area contributed by atoms with Crippen LogP contribution < -0.4 is 5.32 Å². The summed E-state index contributed by atoms with van der Waals surface area (Å²) in [4.78, 5) is 28.2. The summed E-state index contributed by atoms with van der Waals surface area (Å²) in [5.74, 6) is -0.197. The van der Waals surface area contributed by atoms with E-state index < -0.39 is 0 Å². The van der Waals surface area contributed by atoms with Crippen LogP contribution in [0.3, 0.4) is 0 Å². The zero-order valence-electron chi connectivity index (χ0n) is 14.1. The van der Waals surface area contributed by atoms with Crippen LogP contribution in [-0.4, -0.2) is 23.3 Å². The average molecular weight is 405 g/mol. The van der Waals surface area contributed by atoms with Crippen molar-refractivity contribution in [2.24, 2.45) is 0 Å². The lowest BCUT2D eigenvalue weighted by Crippen LogP contribution is -2.29. The summed E-state index contributed by atoms with van der Waals surface area (Å²) >= 11 is 8.82. The number of hydrogen-bond donors (Lipinski definition) is 1. The largest absolute Gasteiger partial charge is 0.334 e. The molecule has 0 aliphatic carbocycles. The fourth-order valence-electron chi connectivity index (χ4n) is 2.43. The number of hydrogen-bond acceptors (Lipinski definition) is 4. The third-order valence-electron chi connectivity index (χ3n) is 3.78. The molecular weight excluding hydrogens is 388 g/mol. The van der Waals surface area contributed by atoms with Gasteiger partial charge in [0.1, 0.15) is 0 Å². The van der Waals surface area contributed by atoms with Gasteiger partial charge in [-0.3, -0.25) is 9.59 Å². The van der Waals surface area contributed by atoms with Crippen molar-refractivity contribution >= 4 is 51.8 Å². The van der Waals surface area contributed by atoms with E-state index in [4.69, 9.17) is 11.6 Å². The molecule has 0 aliphatic heterocycles. The molecule has 0 unspecified atom stereocenters. The number of nitrogens with zero attached hydrogens (tertiary/aromatic N) is 1. The van der Waals surface area contributed by atoms with Gasteiger partial charge in [-0.1, -0.05) is 17.7 Å². The van der Waals surface area contributed by atoms with Crippen molar-refractivity contribution in [3.8, 4) is 0 Å². The van der Waals surface area contributed by atoms with Gasteiger partial charge in [-0.05, 0) is 54.8 Å². The lowest BCUT2D eigenvalue weighted by Gasteiger charge is -2.20. The van der Waals surface area contributed by atoms with E-state index >= 15 is 0 Å². The maximum atomic E-state index is 12.7. The molecule has 2 aromatic heterocycles. The third-order valence-corrected chi connectivity index (χ3v) is 5.86. The Bertz CT molecular complexity index is 889. The Morgan fingerprint density at radius 2 is 1.88 bits per heavy atom. The van der Waals surface area contributed by atoms with Gasteiger partial charge in [-0.25, -0.2) is 0 Å². The first-order valence-electron chi connectivity index (χ1n) is 8.05. The predicted molar refractivity (Wildman–Crippen MR) is 108 cm³/mol. The molecule has 0 radical (unpaired) electrons. The molecule has 2 amide bonds. The number of nitrogens with one attached hydrogen (secondary N) is 1. The lowest BCUT2D eigenvalue weighted by molar-refractivity contribution is 0.0754. The van der Waals surface area contributed by atoms with Crippen molar-refractivity contribution in [1.29, 1.82) is 0 Å². The molecule has 134 valence electrons. The molecule has 3 rings (SSSR count). The molecule has 0 spiro atoms. The highest BCUT2D eigenvalue weighted by Gasteiger charge is 2.16. The molecule has 3 aromatic rings. The Labute approximate surface area is 165 Å². The summed E-state index contributed by atoms with van der Waals surface area (Å²) in [6.45, 7) is 3.08. The summed E-state index contributed by atoms with van der Waals surface area (Å²) < 4.78 is 0.717. The summed E-state index contributed by atoms with van der Waals surface area (Å²) in [6.07, 6.45) is 0. The van der Waals surface area contributed by atoms with E-state index in [1.54, 1.807) is 35.2 Å². The number of thiophene rings is 2. The minimum absolute atomic E-state index is 0.0480. The Kier molecular flexibility index (Phi) is 6.08. The summed E-state index contributed by atoms with van der Waals surface area (Å²) in [5, 5.41) is 4.69. The Morgan fingerprint density at radius 1 is 1.12 bits per heavy atom. The van der Waals surface area contributed by atoms with Gasteiger partial charge in [0.2, 0.25) is 0 Å². The molecule has 1 aromatic carbocycles. The maximum Gasteiger partial charge on any atom is 0.265 e. The van der Waals surface area contributed by atoms with Gasteiger partial charge in [0, 0.05) is 22.7 Å². The van der Waals surface area contributed by atoms with Crippen molar-refractivity contribution in [2.45, 2.75) is 13.5 Å². The minimum Gasteiger partial charge on any atom is -0.334 e. The number of carbonyl (C=O) groups is 2. The van der Waals surface area contributed by atoms with Crippen molar-refractivity contribution < 1.29 is 9.59 Å². The Hall–Kier alpha value is -2.15. The standard InChI is InChI=1S/C19H17ClN2O2S2/c1-2-22(12-15-9-10-17(20)26-15)19(24)13-5-7-14(8-6-13)21-18(23)16-4-3-11-25-16/h3-11H,2,12H2,1H3,(H,21,23). The zero-order valence-corrected chi connectivity index (χ0v) is 16.5. The average Bonchev–Trinajstić information content (AvgIpc) is 3.31. The molecule has 0 saturated heterocycles. The van der Waals surface area contributed by atoms with E-state index in [1.807, 2.05) is 30.5 Å². The molecule has 4 nitrogen and oxygen atoms in total. The van der Waals surface area contributed by atoms with Gasteiger partial charge < -0.3 is 10.2 Å². The van der Waals surface area contributed by atoms with E-state index in [-0.39, 0.29) is 11.8 Å². The fourth-order valence-corrected chi connectivity index (χ4v) is 4.15. The lowest BCUT2D eigenvalue weighted by atomic mass is 10.1. The van der Waals surface area contributed by atoms with Crippen molar-refractivity contribution in [3.05, 3.63) is 73.6 Å². The minimum atomic E-state index is -0.149. The second kappa shape index (κ2) is 8.49. The van der Waals surface area contributed by atoms with Crippen LogP contribution in [0, 0.1) is 0 Å². The molecule has 0 aliphatic rings. The van der Waals surface area contributed by atoms with Crippen LogP contribution in [-0.2, 0) is 6.54 Å². The van der Waals surface area contributed by atoms with Crippen LogP contribution in [0.15, 0.2) is 53.9 Å². The smallest absolute Gasteiger partial charge is 0.265 e. The second-order valence-electron chi connectivity index (χ2n) is 5.53. The van der Waals surface area contributed by atoms with Gasteiger partial charge in [0.25, 0.3) is 11.8 Å². The molecular formula is C19H17ClN2O2S2. The number of carbonyl (C=O) groups excluding carboxylic acids is 2. The first kappa shape index (κ1) is 18.6. The SMILES string of the molecule is CCN(Cc1ccc(Cl)s1)C(=O)c1ccc(NC(=O)c2cccs2)cc1. The van der Waals surface area contributed by atoms with Crippen molar-refractivity contribution in [3.63, 3.8) is 0 Å². The molecule has 7 heteroatoms. The molecule has 0 bridgehead atoms. The molecule has 0 atom stereocenters. The van der Waals surface area contributed by atoms with E-state index in [0.29, 0.717) is 33.6 Å². The van der Waals surface area contributed by atoms with Crippen LogP contribution in [0.1, 0.15) is 31.8 Å². The van der Waals surface area contributed by atoms with Gasteiger partial charge >= 0.3 is 0 Å². The molecule has 2 heterocycles. The summed E-state index contributed by atoms with van der Waals surface area (Å²) in [7, 11) is 0. The highest BCUT2D eigenvalue weighted by Crippen LogP contribution is 2.23. The summed E-state index contributed by atoms with van der Waals surface area (Å²) in [6, 6.07) is 14.3. The Balaban J connectivity index is 1.66. The van der Waals surface area contributed by atoms with Gasteiger partial charge in [0.05, 0.1) is 15.8 Å². The van der Waals surface area contributed by atoms with E-state index in [9.17, 15) is 9.59 Å². The number of rotatable bonds is 6. The number of benzene rings is 1. The van der Waals surface area contributed by atoms with Crippen LogP contribution in [0.5, 0.6) is 0 Å². The number of halogens is 1. The topological polar surface area (TPSA) is 49.4 Å². The van der Waals surface area contributed by atoms with Crippen molar-refractivity contribution in [2.75, 3.05) is 11.9 Å². The molecule has 1 N–H and O–H groups in total. The maximum absolute atomic E-state index is 12.7. The number of amides is 2. The van der Waals surface area contributed by atoms with E-state index in [0.717, 1.165) is 4.88 Å². The van der Waals surface area contributed by atoms with E-state index in [1.165, 1.54) is 22.7 Å². The van der Waals surface area contributed by atoms with Crippen LogP contribution in [0.4, 0.5) is 5.69 Å². The second-order valence-corrected chi connectivity index (χ2v) is 8.28. The molecule has 0 saturated carbocycles. The highest BCUT2D eigenvalue weighted by molar-refractivity contribution is 7.16. The fraction of sp³-hybridized carbons (Fsp3) is 0.158. The normalized spacial score (nSPS) is 10.5. The van der Waals surface area contributed by atoms with Gasteiger partial charge in [0.15, 0.2) is 0 Å². The van der Waals surface area contributed by atoms with Crippen LogP contribution >= 0.6 is 34.3 Å². The first-order valence-corrected chi connectivity index (χ1v) is 10.1. The first-order chi connectivity index (χ1) is 12.6. The molecule has 0 fully saturated rings. The van der Waals surface area contributed by atoms with Crippen molar-refractivity contribution in [1.82, 2.24) is 4.90 Å². The highest BCUT2D eigenvalue weighted by atomic mass is 35.5. The third kappa shape index (κ3) is 4.52. The number of anilines is 1. The van der Waals surface area contributed by atoms with E-state index in [2.05, 4.69) is 5.32 Å². The monoisotopic (exact) mass is 404 g/mol. The quantitative estimate of drug-likeness (QED) is 0.599. The zero-order chi connectivity index (χ0) is 18.5. The van der Waals surface area contributed by atoms with Crippen LogP contribution in [0.2, 0.25) is 4.34 Å². The van der Waals surface area contributed by atoms with Gasteiger partial charge in [-0.2, -0.15) is 0 Å². The van der Waals surface area contributed by atoms with Gasteiger partial charge in [-0.15, -0.1) is 22.7 Å². The summed E-state index contributed by atoms with van der Waals surface area (Å²) in [5.41, 5.74) is 1.25. The molecule has 26 heavy (non-hydrogen) atoms. The predicted octanol–water partition coefficient (Wildman–Crippen LogP) is 5.38. The Morgan fingerprint density at radius 3 is 2.46 bits per heavy atom.